The van der Waals surface area contributed by atoms with Gasteiger partial charge in [0, 0.05) is 18.4 Å². The monoisotopic (exact) mass is 184 g/mol. The van der Waals surface area contributed by atoms with Crippen molar-refractivity contribution in [2.75, 3.05) is 0 Å². The van der Waals surface area contributed by atoms with Gasteiger partial charge in [0.2, 0.25) is 8.32 Å². The molecule has 12 heavy (non-hydrogen) atoms. The van der Waals surface area contributed by atoms with Gasteiger partial charge in [0.1, 0.15) is 0 Å². The second kappa shape index (κ2) is 3.05. The van der Waals surface area contributed by atoms with E-state index in [9.17, 15) is 4.79 Å². The molecule has 0 aromatic heterocycles. The Bertz CT molecular complexity index is 235. The van der Waals surface area contributed by atoms with Gasteiger partial charge in [0.15, 0.2) is 5.78 Å². The lowest BCUT2D eigenvalue weighted by atomic mass is 10.2. The summed E-state index contributed by atoms with van der Waals surface area (Å²) in [6, 6.07) is 0. The lowest BCUT2D eigenvalue weighted by Gasteiger charge is -2.20. The van der Waals surface area contributed by atoms with Gasteiger partial charge >= 0.3 is 0 Å². The number of rotatable bonds is 2. The first-order valence-corrected chi connectivity index (χ1v) is 7.73. The van der Waals surface area contributed by atoms with E-state index < -0.39 is 8.32 Å². The molecule has 0 saturated heterocycles. The molecule has 0 aliphatic heterocycles. The standard InChI is InChI=1S/C9H16O2Si/c1-7-8(10)5-6-9(7)11-12(2,3)4/h5-6H2,1-4H3. The summed E-state index contributed by atoms with van der Waals surface area (Å²) in [6.45, 7) is 8.27. The van der Waals surface area contributed by atoms with Crippen LogP contribution in [0.2, 0.25) is 19.6 Å². The third-order valence-corrected chi connectivity index (χ3v) is 2.70. The van der Waals surface area contributed by atoms with Crippen LogP contribution < -0.4 is 0 Å². The third-order valence-electron chi connectivity index (χ3n) is 1.85. The lowest BCUT2D eigenvalue weighted by Crippen LogP contribution is -2.24. The summed E-state index contributed by atoms with van der Waals surface area (Å²) >= 11 is 0. The second-order valence-electron chi connectivity index (χ2n) is 4.19. The Balaban J connectivity index is 2.71. The van der Waals surface area contributed by atoms with Crippen LogP contribution >= 0.6 is 0 Å². The molecule has 1 aliphatic rings. The van der Waals surface area contributed by atoms with E-state index in [4.69, 9.17) is 4.43 Å². The van der Waals surface area contributed by atoms with Gasteiger partial charge in [0.05, 0.1) is 5.76 Å². The maximum atomic E-state index is 11.1. The highest BCUT2D eigenvalue weighted by Gasteiger charge is 2.25. The van der Waals surface area contributed by atoms with Crippen LogP contribution in [0, 0.1) is 0 Å². The molecule has 0 N–H and O–H groups in total. The first-order chi connectivity index (χ1) is 5.40. The van der Waals surface area contributed by atoms with Crippen molar-refractivity contribution in [2.24, 2.45) is 0 Å². The van der Waals surface area contributed by atoms with Crippen LogP contribution in [0.25, 0.3) is 0 Å². The maximum Gasteiger partial charge on any atom is 0.241 e. The van der Waals surface area contributed by atoms with Gasteiger partial charge < -0.3 is 4.43 Å². The lowest BCUT2D eigenvalue weighted by molar-refractivity contribution is -0.114. The molecule has 68 valence electrons. The van der Waals surface area contributed by atoms with E-state index in [0.29, 0.717) is 6.42 Å². The Labute approximate surface area is 74.7 Å². The fourth-order valence-electron chi connectivity index (χ4n) is 1.25. The van der Waals surface area contributed by atoms with Gasteiger partial charge in [-0.05, 0) is 26.6 Å². The number of carbonyl (C=O) groups excluding carboxylic acids is 1. The highest BCUT2D eigenvalue weighted by atomic mass is 28.4. The van der Waals surface area contributed by atoms with E-state index in [0.717, 1.165) is 17.8 Å². The first kappa shape index (κ1) is 9.51. The number of hydrogen-bond donors (Lipinski definition) is 0. The zero-order chi connectivity index (χ0) is 9.35. The van der Waals surface area contributed by atoms with Crippen molar-refractivity contribution >= 4 is 14.1 Å². The fraction of sp³-hybridized carbons (Fsp3) is 0.667. The second-order valence-corrected chi connectivity index (χ2v) is 8.61. The van der Waals surface area contributed by atoms with E-state index in [1.807, 2.05) is 6.92 Å². The van der Waals surface area contributed by atoms with Crippen LogP contribution in [-0.2, 0) is 9.22 Å². The molecule has 0 bridgehead atoms. The average Bonchev–Trinajstić information content (AvgIpc) is 2.16. The average molecular weight is 184 g/mol. The molecule has 0 aromatic rings. The van der Waals surface area contributed by atoms with E-state index in [-0.39, 0.29) is 5.78 Å². The molecule has 0 spiro atoms. The minimum atomic E-state index is -1.50. The molecule has 1 aliphatic carbocycles. The van der Waals surface area contributed by atoms with E-state index in [2.05, 4.69) is 19.6 Å². The largest absolute Gasteiger partial charge is 0.547 e. The summed E-state index contributed by atoms with van der Waals surface area (Å²) in [5.74, 6) is 1.20. The fourth-order valence-corrected chi connectivity index (χ4v) is 2.25. The van der Waals surface area contributed by atoms with Crippen LogP contribution in [0.5, 0.6) is 0 Å². The zero-order valence-corrected chi connectivity index (χ0v) is 9.23. The molecule has 0 unspecified atom stereocenters. The minimum absolute atomic E-state index is 0.253. The molecular weight excluding hydrogens is 168 g/mol. The van der Waals surface area contributed by atoms with Crippen LogP contribution in [-0.4, -0.2) is 14.1 Å². The Morgan fingerprint density at radius 3 is 2.17 bits per heavy atom. The van der Waals surface area contributed by atoms with Gasteiger partial charge in [0.25, 0.3) is 0 Å². The summed E-state index contributed by atoms with van der Waals surface area (Å²) in [7, 11) is -1.50. The van der Waals surface area contributed by atoms with Gasteiger partial charge in [-0.25, -0.2) is 0 Å². The van der Waals surface area contributed by atoms with Crippen molar-refractivity contribution in [1.29, 1.82) is 0 Å². The van der Waals surface area contributed by atoms with E-state index >= 15 is 0 Å². The van der Waals surface area contributed by atoms with Crippen molar-refractivity contribution < 1.29 is 9.22 Å². The normalized spacial score (nSPS) is 18.8. The summed E-state index contributed by atoms with van der Waals surface area (Å²) in [5.41, 5.74) is 0.845. The van der Waals surface area contributed by atoms with Gasteiger partial charge in [-0.1, -0.05) is 0 Å². The number of allylic oxidation sites excluding steroid dienone is 2. The molecule has 0 fully saturated rings. The molecule has 0 aromatic carbocycles. The molecule has 0 saturated carbocycles. The van der Waals surface area contributed by atoms with Gasteiger partial charge in [-0.15, -0.1) is 0 Å². The zero-order valence-electron chi connectivity index (χ0n) is 8.23. The van der Waals surface area contributed by atoms with Crippen molar-refractivity contribution in [3.05, 3.63) is 11.3 Å². The summed E-state index contributed by atoms with van der Waals surface area (Å²) < 4.78 is 5.78. The summed E-state index contributed by atoms with van der Waals surface area (Å²) in [5, 5.41) is 0. The minimum Gasteiger partial charge on any atom is -0.547 e. The summed E-state index contributed by atoms with van der Waals surface area (Å²) in [6.07, 6.45) is 1.46. The number of Topliss-reactive ketones (excluding diaryl/α,β-unsaturated/α-hetero) is 1. The Morgan fingerprint density at radius 1 is 1.25 bits per heavy atom. The Hall–Kier alpha value is -0.573. The first-order valence-electron chi connectivity index (χ1n) is 4.32. The molecule has 0 radical (unpaired) electrons. The SMILES string of the molecule is CC1=C(O[Si](C)(C)C)CCC1=O. The number of hydrogen-bond acceptors (Lipinski definition) is 2. The maximum absolute atomic E-state index is 11.1. The Kier molecular flexibility index (Phi) is 2.42. The highest BCUT2D eigenvalue weighted by molar-refractivity contribution is 6.70. The number of ketones is 1. The summed E-state index contributed by atoms with van der Waals surface area (Å²) in [4.78, 5) is 11.1. The van der Waals surface area contributed by atoms with Crippen LogP contribution in [0.4, 0.5) is 0 Å². The quantitative estimate of drug-likeness (QED) is 0.616. The molecule has 0 amide bonds. The van der Waals surface area contributed by atoms with Crippen molar-refractivity contribution in [1.82, 2.24) is 0 Å². The van der Waals surface area contributed by atoms with Gasteiger partial charge in [-0.3, -0.25) is 4.79 Å². The highest BCUT2D eigenvalue weighted by Crippen LogP contribution is 2.26. The van der Waals surface area contributed by atoms with Crippen molar-refractivity contribution in [2.45, 2.75) is 39.4 Å². The van der Waals surface area contributed by atoms with E-state index in [1.165, 1.54) is 0 Å². The van der Waals surface area contributed by atoms with Crippen LogP contribution in [0.1, 0.15) is 19.8 Å². The smallest absolute Gasteiger partial charge is 0.241 e. The Morgan fingerprint density at radius 2 is 1.83 bits per heavy atom. The molecule has 1 rings (SSSR count). The van der Waals surface area contributed by atoms with Crippen LogP contribution in [0.15, 0.2) is 11.3 Å². The molecule has 3 heteroatoms. The van der Waals surface area contributed by atoms with E-state index in [1.54, 1.807) is 0 Å². The van der Waals surface area contributed by atoms with Crippen molar-refractivity contribution in [3.63, 3.8) is 0 Å². The molecule has 0 atom stereocenters. The van der Waals surface area contributed by atoms with Crippen LogP contribution in [0.3, 0.4) is 0 Å². The number of carbonyl (C=O) groups is 1. The van der Waals surface area contributed by atoms with Crippen molar-refractivity contribution in [3.8, 4) is 0 Å². The third kappa shape index (κ3) is 2.20. The van der Waals surface area contributed by atoms with Gasteiger partial charge in [-0.2, -0.15) is 0 Å². The predicted octanol–water partition coefficient (Wildman–Crippen LogP) is 2.47. The molecular formula is C9H16O2Si. The molecule has 0 heterocycles. The predicted molar refractivity (Wildman–Crippen MR) is 51.4 cm³/mol. The topological polar surface area (TPSA) is 26.3 Å². The molecule has 2 nitrogen and oxygen atoms in total.